The maximum atomic E-state index is 12.4. The fraction of sp³-hybridized carbons (Fsp3) is 0.611. The zero-order valence-electron chi connectivity index (χ0n) is 13.7. The normalized spacial score (nSPS) is 26.9. The van der Waals surface area contributed by atoms with Crippen molar-refractivity contribution in [3.05, 3.63) is 35.4 Å². The predicted molar refractivity (Wildman–Crippen MR) is 88.3 cm³/mol. The van der Waals surface area contributed by atoms with Crippen molar-refractivity contribution < 1.29 is 14.6 Å². The monoisotopic (exact) mass is 318 g/mol. The van der Waals surface area contributed by atoms with Crippen LogP contribution in [-0.4, -0.2) is 49.5 Å². The molecule has 0 aromatic heterocycles. The van der Waals surface area contributed by atoms with E-state index in [1.54, 1.807) is 0 Å². The van der Waals surface area contributed by atoms with Gasteiger partial charge in [0.25, 0.3) is 0 Å². The third-order valence-electron chi connectivity index (χ3n) is 5.19. The smallest absolute Gasteiger partial charge is 0.237 e. The molecule has 3 rings (SSSR count). The molecule has 3 N–H and O–H groups in total. The first-order chi connectivity index (χ1) is 11.1. The van der Waals surface area contributed by atoms with Gasteiger partial charge in [-0.2, -0.15) is 0 Å². The van der Waals surface area contributed by atoms with E-state index in [2.05, 4.69) is 35.8 Å². The minimum Gasteiger partial charge on any atom is -0.392 e. The first-order valence-electron chi connectivity index (χ1n) is 8.44. The number of ether oxygens (including phenoxy) is 1. The number of nitrogens with one attached hydrogen (secondary N) is 2. The second-order valence-electron chi connectivity index (χ2n) is 6.78. The van der Waals surface area contributed by atoms with Gasteiger partial charge >= 0.3 is 0 Å². The number of benzene rings is 1. The summed E-state index contributed by atoms with van der Waals surface area (Å²) in [6, 6.07) is 8.14. The second kappa shape index (κ2) is 6.99. The van der Waals surface area contributed by atoms with Crippen molar-refractivity contribution in [2.75, 3.05) is 26.3 Å². The van der Waals surface area contributed by atoms with E-state index >= 15 is 0 Å². The van der Waals surface area contributed by atoms with Gasteiger partial charge in [0.05, 0.1) is 12.1 Å². The van der Waals surface area contributed by atoms with Crippen molar-refractivity contribution in [2.45, 2.75) is 43.7 Å². The first-order valence-corrected chi connectivity index (χ1v) is 8.44. The fourth-order valence-electron chi connectivity index (χ4n) is 3.77. The fourth-order valence-corrected chi connectivity index (χ4v) is 3.77. The highest BCUT2D eigenvalue weighted by atomic mass is 16.5. The molecule has 1 amide bonds. The van der Waals surface area contributed by atoms with Crippen LogP contribution in [0.15, 0.2) is 24.3 Å². The van der Waals surface area contributed by atoms with Crippen LogP contribution in [0.1, 0.15) is 30.4 Å². The average Bonchev–Trinajstić information content (AvgIpc) is 3.00. The molecule has 126 valence electrons. The van der Waals surface area contributed by atoms with Gasteiger partial charge in [0.2, 0.25) is 5.91 Å². The molecule has 2 unspecified atom stereocenters. The number of aliphatic hydroxyl groups excluding tert-OH is 1. The second-order valence-corrected chi connectivity index (χ2v) is 6.78. The number of aliphatic hydroxyl groups is 1. The molecule has 2 fully saturated rings. The van der Waals surface area contributed by atoms with Crippen molar-refractivity contribution in [3.63, 3.8) is 0 Å². The third kappa shape index (κ3) is 3.57. The van der Waals surface area contributed by atoms with E-state index in [9.17, 15) is 9.90 Å². The number of aryl methyl sites for hydroxylation is 1. The quantitative estimate of drug-likeness (QED) is 0.771. The number of β-amino-alcohol motifs (C(OH)–C–C–N with tert-alkyl or cyclic N) is 1. The SMILES string of the molecule is Cc1ccccc1C1(CNC(=O)C2CC(O)CN2)CCOCC1. The highest BCUT2D eigenvalue weighted by Crippen LogP contribution is 2.36. The Kier molecular flexibility index (Phi) is 4.99. The van der Waals surface area contributed by atoms with Gasteiger partial charge in [-0.15, -0.1) is 0 Å². The topological polar surface area (TPSA) is 70.6 Å². The van der Waals surface area contributed by atoms with Gasteiger partial charge in [0.15, 0.2) is 0 Å². The molecule has 23 heavy (non-hydrogen) atoms. The zero-order chi connectivity index (χ0) is 16.3. The maximum Gasteiger partial charge on any atom is 0.237 e. The molecule has 2 aliphatic heterocycles. The van der Waals surface area contributed by atoms with Gasteiger partial charge in [0.1, 0.15) is 0 Å². The summed E-state index contributed by atoms with van der Waals surface area (Å²) in [5.41, 5.74) is 2.51. The summed E-state index contributed by atoms with van der Waals surface area (Å²) < 4.78 is 5.55. The van der Waals surface area contributed by atoms with E-state index in [4.69, 9.17) is 4.74 Å². The largest absolute Gasteiger partial charge is 0.392 e. The highest BCUT2D eigenvalue weighted by Gasteiger charge is 2.37. The number of carbonyl (C=O) groups excluding carboxylic acids is 1. The Labute approximate surface area is 137 Å². The van der Waals surface area contributed by atoms with Crippen molar-refractivity contribution >= 4 is 5.91 Å². The van der Waals surface area contributed by atoms with E-state index in [0.717, 1.165) is 26.1 Å². The molecule has 0 radical (unpaired) electrons. The molecule has 5 heteroatoms. The Bertz CT molecular complexity index is 555. The lowest BCUT2D eigenvalue weighted by atomic mass is 9.72. The first kappa shape index (κ1) is 16.4. The molecule has 1 aromatic rings. The van der Waals surface area contributed by atoms with Crippen LogP contribution in [0.3, 0.4) is 0 Å². The summed E-state index contributed by atoms with van der Waals surface area (Å²) >= 11 is 0. The number of rotatable bonds is 4. The summed E-state index contributed by atoms with van der Waals surface area (Å²) in [4.78, 5) is 12.4. The number of carbonyl (C=O) groups is 1. The van der Waals surface area contributed by atoms with Crippen LogP contribution in [0.5, 0.6) is 0 Å². The van der Waals surface area contributed by atoms with Crippen LogP contribution < -0.4 is 10.6 Å². The van der Waals surface area contributed by atoms with E-state index in [0.29, 0.717) is 19.5 Å². The summed E-state index contributed by atoms with van der Waals surface area (Å²) in [5, 5.41) is 15.8. The van der Waals surface area contributed by atoms with Gasteiger partial charge < -0.3 is 20.5 Å². The maximum absolute atomic E-state index is 12.4. The lowest BCUT2D eigenvalue weighted by Crippen LogP contribution is -2.49. The Balaban J connectivity index is 1.72. The van der Waals surface area contributed by atoms with Gasteiger partial charge in [-0.1, -0.05) is 24.3 Å². The van der Waals surface area contributed by atoms with Crippen LogP contribution in [0.25, 0.3) is 0 Å². The summed E-state index contributed by atoms with van der Waals surface area (Å²) in [5.74, 6) is -0.0130. The van der Waals surface area contributed by atoms with Crippen LogP contribution in [-0.2, 0) is 14.9 Å². The molecule has 2 heterocycles. The molecule has 0 saturated carbocycles. The van der Waals surface area contributed by atoms with Crippen molar-refractivity contribution in [1.29, 1.82) is 0 Å². The molecule has 2 saturated heterocycles. The lowest BCUT2D eigenvalue weighted by molar-refractivity contribution is -0.123. The van der Waals surface area contributed by atoms with Crippen LogP contribution in [0, 0.1) is 6.92 Å². The molecular weight excluding hydrogens is 292 g/mol. The van der Waals surface area contributed by atoms with Crippen LogP contribution >= 0.6 is 0 Å². The standard InChI is InChI=1S/C18H26N2O3/c1-13-4-2-3-5-15(13)18(6-8-23-9-7-18)12-20-17(22)16-10-14(21)11-19-16/h2-5,14,16,19,21H,6-12H2,1H3,(H,20,22). The van der Waals surface area contributed by atoms with E-state index in [1.165, 1.54) is 11.1 Å². The van der Waals surface area contributed by atoms with E-state index < -0.39 is 6.10 Å². The molecule has 0 aliphatic carbocycles. The molecule has 0 bridgehead atoms. The Morgan fingerprint density at radius 2 is 2.13 bits per heavy atom. The van der Waals surface area contributed by atoms with Gasteiger partial charge in [-0.05, 0) is 37.3 Å². The highest BCUT2D eigenvalue weighted by molar-refractivity contribution is 5.82. The molecule has 0 spiro atoms. The molecule has 5 nitrogen and oxygen atoms in total. The lowest BCUT2D eigenvalue weighted by Gasteiger charge is -2.39. The van der Waals surface area contributed by atoms with Crippen molar-refractivity contribution in [2.24, 2.45) is 0 Å². The minimum atomic E-state index is -0.417. The van der Waals surface area contributed by atoms with E-state index in [1.807, 2.05) is 6.07 Å². The predicted octanol–water partition coefficient (Wildman–Crippen LogP) is 0.882. The number of amides is 1. The van der Waals surface area contributed by atoms with Crippen LogP contribution in [0.2, 0.25) is 0 Å². The Morgan fingerprint density at radius 1 is 1.39 bits per heavy atom. The third-order valence-corrected chi connectivity index (χ3v) is 5.19. The minimum absolute atomic E-state index is 0.0130. The van der Waals surface area contributed by atoms with Crippen molar-refractivity contribution in [1.82, 2.24) is 10.6 Å². The molecule has 1 aromatic carbocycles. The van der Waals surface area contributed by atoms with E-state index in [-0.39, 0.29) is 17.4 Å². The summed E-state index contributed by atoms with van der Waals surface area (Å²) in [7, 11) is 0. The zero-order valence-corrected chi connectivity index (χ0v) is 13.7. The average molecular weight is 318 g/mol. The molecular formula is C18H26N2O3. The molecule has 2 aliphatic rings. The summed E-state index contributed by atoms with van der Waals surface area (Å²) in [6.07, 6.45) is 1.91. The molecule has 2 atom stereocenters. The van der Waals surface area contributed by atoms with Gasteiger partial charge in [-0.25, -0.2) is 0 Å². The number of hydrogen-bond donors (Lipinski definition) is 3. The van der Waals surface area contributed by atoms with Gasteiger partial charge in [0, 0.05) is 31.7 Å². The Hall–Kier alpha value is -1.43. The van der Waals surface area contributed by atoms with Crippen molar-refractivity contribution in [3.8, 4) is 0 Å². The van der Waals surface area contributed by atoms with Gasteiger partial charge in [-0.3, -0.25) is 4.79 Å². The van der Waals surface area contributed by atoms with Crippen LogP contribution in [0.4, 0.5) is 0 Å². The number of hydrogen-bond acceptors (Lipinski definition) is 4. The Morgan fingerprint density at radius 3 is 2.78 bits per heavy atom. The summed E-state index contributed by atoms with van der Waals surface area (Å²) in [6.45, 7) is 4.70.